The van der Waals surface area contributed by atoms with Gasteiger partial charge in [-0.05, 0) is 26.0 Å². The molecular weight excluding hydrogens is 215 g/mol. The normalized spacial score (nSPS) is 11.9. The molecule has 0 unspecified atom stereocenters. The molecule has 16 heavy (non-hydrogen) atoms. The van der Waals surface area contributed by atoms with Gasteiger partial charge in [0.15, 0.2) is 0 Å². The van der Waals surface area contributed by atoms with E-state index in [-0.39, 0.29) is 5.56 Å². The van der Waals surface area contributed by atoms with Crippen molar-refractivity contribution >= 4 is 0 Å². The van der Waals surface area contributed by atoms with Crippen LogP contribution in [-0.4, -0.2) is 5.54 Å². The van der Waals surface area contributed by atoms with E-state index in [1.54, 1.807) is 13.8 Å². The highest BCUT2D eigenvalue weighted by atomic mass is 19.4. The van der Waals surface area contributed by atoms with Gasteiger partial charge in [-0.3, -0.25) is 0 Å². The van der Waals surface area contributed by atoms with Gasteiger partial charge in [-0.15, -0.1) is 0 Å². The molecule has 0 radical (unpaired) electrons. The van der Waals surface area contributed by atoms with Crippen molar-refractivity contribution in [1.82, 2.24) is 0 Å². The molecule has 0 spiro atoms. The van der Waals surface area contributed by atoms with Crippen LogP contribution in [0.1, 0.15) is 25.0 Å². The molecule has 1 aromatic carbocycles. The fourth-order valence-electron chi connectivity index (χ4n) is 1.07. The molecule has 0 bridgehead atoms. The zero-order valence-electron chi connectivity index (χ0n) is 9.02. The molecule has 0 atom stereocenters. The van der Waals surface area contributed by atoms with Crippen LogP contribution in [0, 0.1) is 11.8 Å². The molecule has 1 nitrogen and oxygen atoms in total. The second-order valence-corrected chi connectivity index (χ2v) is 4.02. The van der Waals surface area contributed by atoms with E-state index < -0.39 is 17.3 Å². The van der Waals surface area contributed by atoms with Crippen LogP contribution >= 0.6 is 0 Å². The fourth-order valence-corrected chi connectivity index (χ4v) is 1.07. The number of alkyl halides is 3. The van der Waals surface area contributed by atoms with Gasteiger partial charge in [-0.1, -0.05) is 24.0 Å². The summed E-state index contributed by atoms with van der Waals surface area (Å²) in [5.74, 6) is 5.04. The standard InChI is InChI=1S/C12H12F3N/c1-11(2,16)8-7-9-5-3-4-6-10(9)12(13,14)15/h3-6H,16H2,1-2H3. The number of benzene rings is 1. The topological polar surface area (TPSA) is 26.0 Å². The first kappa shape index (κ1) is 12.6. The van der Waals surface area contributed by atoms with Crippen molar-refractivity contribution in [3.05, 3.63) is 35.4 Å². The fraction of sp³-hybridized carbons (Fsp3) is 0.333. The largest absolute Gasteiger partial charge is 0.417 e. The van der Waals surface area contributed by atoms with Crippen LogP contribution in [-0.2, 0) is 6.18 Å². The summed E-state index contributed by atoms with van der Waals surface area (Å²) in [5, 5.41) is 0. The maximum Gasteiger partial charge on any atom is 0.417 e. The number of nitrogens with two attached hydrogens (primary N) is 1. The minimum Gasteiger partial charge on any atom is -0.316 e. The van der Waals surface area contributed by atoms with Crippen molar-refractivity contribution in [3.63, 3.8) is 0 Å². The van der Waals surface area contributed by atoms with Crippen molar-refractivity contribution in [2.75, 3.05) is 0 Å². The lowest BCUT2D eigenvalue weighted by atomic mass is 10.0. The number of hydrogen-bond acceptors (Lipinski definition) is 1. The van der Waals surface area contributed by atoms with E-state index in [0.717, 1.165) is 6.07 Å². The second kappa shape index (κ2) is 4.18. The quantitative estimate of drug-likeness (QED) is 0.677. The van der Waals surface area contributed by atoms with E-state index in [1.807, 2.05) is 0 Å². The van der Waals surface area contributed by atoms with E-state index >= 15 is 0 Å². The van der Waals surface area contributed by atoms with Crippen LogP contribution < -0.4 is 5.73 Å². The molecule has 2 N–H and O–H groups in total. The molecule has 0 heterocycles. The van der Waals surface area contributed by atoms with Gasteiger partial charge in [0, 0.05) is 5.56 Å². The minimum absolute atomic E-state index is 0.0477. The highest BCUT2D eigenvalue weighted by Gasteiger charge is 2.32. The van der Waals surface area contributed by atoms with Crippen molar-refractivity contribution in [2.24, 2.45) is 5.73 Å². The summed E-state index contributed by atoms with van der Waals surface area (Å²) in [6.45, 7) is 3.27. The minimum atomic E-state index is -4.38. The van der Waals surface area contributed by atoms with Gasteiger partial charge in [0.05, 0.1) is 11.1 Å². The predicted molar refractivity (Wildman–Crippen MR) is 56.6 cm³/mol. The van der Waals surface area contributed by atoms with Gasteiger partial charge in [0.2, 0.25) is 0 Å². The smallest absolute Gasteiger partial charge is 0.316 e. The van der Waals surface area contributed by atoms with E-state index in [9.17, 15) is 13.2 Å². The van der Waals surface area contributed by atoms with Gasteiger partial charge < -0.3 is 5.73 Å². The third-order valence-corrected chi connectivity index (χ3v) is 1.75. The van der Waals surface area contributed by atoms with Crippen molar-refractivity contribution in [3.8, 4) is 11.8 Å². The van der Waals surface area contributed by atoms with Crippen molar-refractivity contribution in [1.29, 1.82) is 0 Å². The van der Waals surface area contributed by atoms with Crippen LogP contribution in [0.4, 0.5) is 13.2 Å². The molecule has 86 valence electrons. The SMILES string of the molecule is CC(C)(N)C#Cc1ccccc1C(F)(F)F. The Balaban J connectivity index is 3.19. The summed E-state index contributed by atoms with van der Waals surface area (Å²) in [6.07, 6.45) is -4.38. The lowest BCUT2D eigenvalue weighted by Crippen LogP contribution is -2.29. The lowest BCUT2D eigenvalue weighted by Gasteiger charge is -2.10. The summed E-state index contributed by atoms with van der Waals surface area (Å²) in [4.78, 5) is 0. The molecule has 0 saturated heterocycles. The molecule has 0 saturated carbocycles. The molecule has 0 aliphatic carbocycles. The second-order valence-electron chi connectivity index (χ2n) is 4.02. The summed E-state index contributed by atoms with van der Waals surface area (Å²) >= 11 is 0. The Kier molecular flexibility index (Phi) is 3.30. The Morgan fingerprint density at radius 2 is 1.69 bits per heavy atom. The zero-order chi connectivity index (χ0) is 12.4. The monoisotopic (exact) mass is 227 g/mol. The Bertz CT molecular complexity index is 430. The van der Waals surface area contributed by atoms with Crippen LogP contribution in [0.25, 0.3) is 0 Å². The highest BCUT2D eigenvalue weighted by molar-refractivity contribution is 5.44. The number of halogens is 3. The summed E-state index contributed by atoms with van der Waals surface area (Å²) in [5.41, 5.74) is 4.00. The number of hydrogen-bond donors (Lipinski definition) is 1. The average Bonchev–Trinajstić information content (AvgIpc) is 2.12. The molecular formula is C12H12F3N. The molecule has 0 aromatic heterocycles. The Morgan fingerprint density at radius 3 is 2.19 bits per heavy atom. The summed E-state index contributed by atoms with van der Waals surface area (Å²) < 4.78 is 37.7. The molecule has 1 aromatic rings. The van der Waals surface area contributed by atoms with Crippen LogP contribution in [0.15, 0.2) is 24.3 Å². The third kappa shape index (κ3) is 3.59. The Hall–Kier alpha value is -1.47. The average molecular weight is 227 g/mol. The molecule has 0 amide bonds. The first-order chi connectivity index (χ1) is 7.20. The van der Waals surface area contributed by atoms with Gasteiger partial charge in [0.25, 0.3) is 0 Å². The predicted octanol–water partition coefficient (Wildman–Crippen LogP) is 2.79. The van der Waals surface area contributed by atoms with Crippen molar-refractivity contribution in [2.45, 2.75) is 25.6 Å². The van der Waals surface area contributed by atoms with Crippen LogP contribution in [0.3, 0.4) is 0 Å². The maximum atomic E-state index is 12.6. The summed E-state index contributed by atoms with van der Waals surface area (Å²) in [7, 11) is 0. The number of rotatable bonds is 0. The first-order valence-corrected chi connectivity index (χ1v) is 4.68. The van der Waals surface area contributed by atoms with E-state index in [0.29, 0.717) is 0 Å². The first-order valence-electron chi connectivity index (χ1n) is 4.68. The molecule has 0 aliphatic rings. The Morgan fingerprint density at radius 1 is 1.12 bits per heavy atom. The van der Waals surface area contributed by atoms with Crippen LogP contribution in [0.2, 0.25) is 0 Å². The van der Waals surface area contributed by atoms with Gasteiger partial charge >= 0.3 is 6.18 Å². The van der Waals surface area contributed by atoms with Gasteiger partial charge in [-0.25, -0.2) is 0 Å². The molecule has 0 fully saturated rings. The van der Waals surface area contributed by atoms with E-state index in [4.69, 9.17) is 5.73 Å². The summed E-state index contributed by atoms with van der Waals surface area (Å²) in [6, 6.07) is 5.19. The Labute approximate surface area is 92.5 Å². The maximum absolute atomic E-state index is 12.6. The van der Waals surface area contributed by atoms with Crippen molar-refractivity contribution < 1.29 is 13.2 Å². The molecule has 0 aliphatic heterocycles. The highest BCUT2D eigenvalue weighted by Crippen LogP contribution is 2.31. The molecule has 1 rings (SSSR count). The van der Waals surface area contributed by atoms with E-state index in [1.165, 1.54) is 18.2 Å². The molecule has 4 heteroatoms. The third-order valence-electron chi connectivity index (χ3n) is 1.75. The van der Waals surface area contributed by atoms with Gasteiger partial charge in [-0.2, -0.15) is 13.2 Å². The van der Waals surface area contributed by atoms with E-state index in [2.05, 4.69) is 11.8 Å². The zero-order valence-corrected chi connectivity index (χ0v) is 9.02. The van der Waals surface area contributed by atoms with Crippen LogP contribution in [0.5, 0.6) is 0 Å². The van der Waals surface area contributed by atoms with Gasteiger partial charge in [0.1, 0.15) is 0 Å². The lowest BCUT2D eigenvalue weighted by molar-refractivity contribution is -0.137.